The van der Waals surface area contributed by atoms with Crippen molar-refractivity contribution < 1.29 is 13.2 Å². The van der Waals surface area contributed by atoms with Gasteiger partial charge in [-0.25, -0.2) is 18.2 Å². The third kappa shape index (κ3) is 7.22. The van der Waals surface area contributed by atoms with E-state index in [1.165, 1.54) is 17.7 Å². The van der Waals surface area contributed by atoms with E-state index in [9.17, 15) is 13.2 Å². The third-order valence-corrected chi connectivity index (χ3v) is 7.54. The molecule has 2 aromatic carbocycles. The summed E-state index contributed by atoms with van der Waals surface area (Å²) in [6.07, 6.45) is 1.71. The van der Waals surface area contributed by atoms with Gasteiger partial charge in [-0.3, -0.25) is 14.6 Å². The second-order valence-electron chi connectivity index (χ2n) is 9.74. The summed E-state index contributed by atoms with van der Waals surface area (Å²) in [5.41, 5.74) is 2.57. The Morgan fingerprint density at radius 3 is 2.27 bits per heavy atom. The van der Waals surface area contributed by atoms with E-state index >= 15 is 0 Å². The average Bonchev–Trinajstić information content (AvgIpc) is 3.35. The fourth-order valence-electron chi connectivity index (χ4n) is 4.54. The molecule has 3 N–H and O–H groups in total. The molecule has 1 amide bonds. The largest absolute Gasteiger partial charge is 0.353 e. The first-order valence-electron chi connectivity index (χ1n) is 12.5. The number of hydrogen-bond donors (Lipinski definition) is 2. The van der Waals surface area contributed by atoms with Gasteiger partial charge in [0.2, 0.25) is 15.9 Å². The number of rotatable bonds is 10. The molecule has 10 nitrogen and oxygen atoms in total. The maximum Gasteiger partial charge on any atom is 0.245 e. The summed E-state index contributed by atoms with van der Waals surface area (Å²) in [5, 5.41) is 16.6. The van der Waals surface area contributed by atoms with Crippen LogP contribution in [0.15, 0.2) is 65.7 Å². The molecule has 1 aliphatic rings. The van der Waals surface area contributed by atoms with E-state index in [0.717, 1.165) is 39.3 Å². The van der Waals surface area contributed by atoms with Crippen LogP contribution in [0.1, 0.15) is 25.5 Å². The number of benzene rings is 2. The van der Waals surface area contributed by atoms with Crippen LogP contribution in [-0.4, -0.2) is 78.4 Å². The van der Waals surface area contributed by atoms with Gasteiger partial charge in [-0.2, -0.15) is 0 Å². The van der Waals surface area contributed by atoms with Crippen molar-refractivity contribution >= 4 is 15.9 Å². The monoisotopic (exact) mass is 525 g/mol. The van der Waals surface area contributed by atoms with Crippen molar-refractivity contribution in [1.29, 1.82) is 0 Å². The Hall–Kier alpha value is -3.12. The highest BCUT2D eigenvalue weighted by molar-refractivity contribution is 7.89. The highest BCUT2D eigenvalue weighted by atomic mass is 32.2. The Kier molecular flexibility index (Phi) is 8.70. The van der Waals surface area contributed by atoms with Crippen LogP contribution in [0, 0.1) is 5.92 Å². The van der Waals surface area contributed by atoms with Gasteiger partial charge in [-0.1, -0.05) is 61.5 Å². The van der Waals surface area contributed by atoms with Crippen LogP contribution < -0.4 is 10.5 Å². The van der Waals surface area contributed by atoms with Gasteiger partial charge in [-0.15, -0.1) is 5.10 Å². The maximum atomic E-state index is 13.1. The number of nitrogens with one attached hydrogen (secondary N) is 1. The van der Waals surface area contributed by atoms with E-state index in [1.54, 1.807) is 23.0 Å². The first kappa shape index (κ1) is 26.9. The van der Waals surface area contributed by atoms with Gasteiger partial charge >= 0.3 is 0 Å². The minimum Gasteiger partial charge on any atom is -0.353 e. The van der Waals surface area contributed by atoms with E-state index in [1.807, 2.05) is 19.9 Å². The second kappa shape index (κ2) is 12.0. The molecule has 1 atom stereocenters. The number of nitrogens with zero attached hydrogens (tertiary/aromatic N) is 5. The molecule has 0 bridgehead atoms. The predicted octanol–water partition coefficient (Wildman–Crippen LogP) is 1.72. The Balaban J connectivity index is 1.28. The topological polar surface area (TPSA) is 126 Å². The molecule has 2 heterocycles. The van der Waals surface area contributed by atoms with Crippen molar-refractivity contribution in [1.82, 2.24) is 30.1 Å². The summed E-state index contributed by atoms with van der Waals surface area (Å²) in [5.74, 6) is -0.0976. The quantitative estimate of drug-likeness (QED) is 0.413. The minimum absolute atomic E-state index is 0.000778. The van der Waals surface area contributed by atoms with Crippen LogP contribution in [0.3, 0.4) is 0 Å². The summed E-state index contributed by atoms with van der Waals surface area (Å²) >= 11 is 0. The number of primary sulfonamides is 1. The zero-order valence-electron chi connectivity index (χ0n) is 21.3. The standard InChI is InChI=1S/C26H35N7O3S/c1-20(2)25(33-19-24(29-30-33)22-8-10-23(11-9-22)37(27,35)36)26(34)28-12-13-31-14-16-32(17-15-31)18-21-6-4-3-5-7-21/h3-11,19-20,25H,12-18H2,1-2H3,(H,28,34)(H2,27,35,36)/t25-/m0/s1. The summed E-state index contributed by atoms with van der Waals surface area (Å²) in [6.45, 7) is 10.3. The number of carbonyl (C=O) groups excluding carboxylic acids is 1. The zero-order valence-corrected chi connectivity index (χ0v) is 22.1. The molecule has 4 rings (SSSR count). The third-order valence-electron chi connectivity index (χ3n) is 6.62. The lowest BCUT2D eigenvalue weighted by Crippen LogP contribution is -2.48. The number of amides is 1. The zero-order chi connectivity index (χ0) is 26.4. The first-order chi connectivity index (χ1) is 17.7. The molecule has 37 heavy (non-hydrogen) atoms. The van der Waals surface area contributed by atoms with Gasteiger partial charge in [0, 0.05) is 51.4 Å². The Labute approximate surface area is 218 Å². The van der Waals surface area contributed by atoms with Gasteiger partial charge in [-0.05, 0) is 23.6 Å². The van der Waals surface area contributed by atoms with Gasteiger partial charge < -0.3 is 5.32 Å². The predicted molar refractivity (Wildman–Crippen MR) is 142 cm³/mol. The van der Waals surface area contributed by atoms with E-state index in [-0.39, 0.29) is 16.7 Å². The van der Waals surface area contributed by atoms with Crippen LogP contribution in [0.5, 0.6) is 0 Å². The lowest BCUT2D eigenvalue weighted by Gasteiger charge is -2.34. The number of piperazine rings is 1. The Bertz CT molecular complexity index is 1270. The summed E-state index contributed by atoms with van der Waals surface area (Å²) in [7, 11) is -3.77. The molecule has 1 fully saturated rings. The van der Waals surface area contributed by atoms with Crippen molar-refractivity contribution in [2.24, 2.45) is 11.1 Å². The number of aromatic nitrogens is 3. The molecule has 3 aromatic rings. The van der Waals surface area contributed by atoms with E-state index in [4.69, 9.17) is 5.14 Å². The Morgan fingerprint density at radius 1 is 1.00 bits per heavy atom. The highest BCUT2D eigenvalue weighted by Gasteiger charge is 2.26. The van der Waals surface area contributed by atoms with E-state index < -0.39 is 16.1 Å². The maximum absolute atomic E-state index is 13.1. The van der Waals surface area contributed by atoms with Crippen LogP contribution in [-0.2, 0) is 21.4 Å². The number of hydrogen-bond acceptors (Lipinski definition) is 7. The van der Waals surface area contributed by atoms with Crippen molar-refractivity contribution in [2.75, 3.05) is 39.3 Å². The number of sulfonamides is 1. The van der Waals surface area contributed by atoms with Crippen molar-refractivity contribution in [3.8, 4) is 11.3 Å². The fraction of sp³-hybridized carbons (Fsp3) is 0.423. The Morgan fingerprint density at radius 2 is 1.65 bits per heavy atom. The fourth-order valence-corrected chi connectivity index (χ4v) is 5.06. The lowest BCUT2D eigenvalue weighted by molar-refractivity contribution is -0.126. The molecule has 0 saturated carbocycles. The van der Waals surface area contributed by atoms with Gasteiger partial charge in [0.25, 0.3) is 0 Å². The molecular weight excluding hydrogens is 490 g/mol. The molecule has 1 saturated heterocycles. The van der Waals surface area contributed by atoms with Gasteiger partial charge in [0.05, 0.1) is 11.1 Å². The molecule has 1 aliphatic heterocycles. The molecule has 198 valence electrons. The minimum atomic E-state index is -3.77. The smallest absolute Gasteiger partial charge is 0.245 e. The van der Waals surface area contributed by atoms with Crippen molar-refractivity contribution in [2.45, 2.75) is 31.3 Å². The lowest BCUT2D eigenvalue weighted by atomic mass is 10.0. The molecule has 0 aliphatic carbocycles. The normalized spacial score (nSPS) is 16.1. The first-order valence-corrected chi connectivity index (χ1v) is 14.1. The molecule has 0 unspecified atom stereocenters. The summed E-state index contributed by atoms with van der Waals surface area (Å²) < 4.78 is 24.6. The van der Waals surface area contributed by atoms with Crippen LogP contribution in [0.2, 0.25) is 0 Å². The van der Waals surface area contributed by atoms with E-state index in [0.29, 0.717) is 17.8 Å². The molecule has 0 radical (unpaired) electrons. The molecular formula is C26H35N7O3S. The van der Waals surface area contributed by atoms with Gasteiger partial charge in [0.1, 0.15) is 11.7 Å². The van der Waals surface area contributed by atoms with Crippen molar-refractivity contribution in [3.63, 3.8) is 0 Å². The average molecular weight is 526 g/mol. The summed E-state index contributed by atoms with van der Waals surface area (Å²) in [6, 6.07) is 16.1. The second-order valence-corrected chi connectivity index (χ2v) is 11.3. The van der Waals surface area contributed by atoms with Gasteiger partial charge in [0.15, 0.2) is 0 Å². The van der Waals surface area contributed by atoms with Crippen LogP contribution in [0.25, 0.3) is 11.3 Å². The van der Waals surface area contributed by atoms with Crippen LogP contribution in [0.4, 0.5) is 0 Å². The number of carbonyl (C=O) groups is 1. The molecule has 11 heteroatoms. The molecule has 0 spiro atoms. The van der Waals surface area contributed by atoms with E-state index in [2.05, 4.69) is 49.7 Å². The van der Waals surface area contributed by atoms with Crippen LogP contribution >= 0.6 is 0 Å². The number of nitrogens with two attached hydrogens (primary N) is 1. The van der Waals surface area contributed by atoms with Crippen molar-refractivity contribution in [3.05, 3.63) is 66.4 Å². The highest BCUT2D eigenvalue weighted by Crippen LogP contribution is 2.22. The molecule has 1 aromatic heterocycles. The SMILES string of the molecule is CC(C)[C@@H](C(=O)NCCN1CCN(Cc2ccccc2)CC1)n1cc(-c2ccc(S(N)(=O)=O)cc2)nn1. The summed E-state index contributed by atoms with van der Waals surface area (Å²) in [4.78, 5) is 17.9.